The van der Waals surface area contributed by atoms with Crippen LogP contribution in [-0.4, -0.2) is 61.8 Å². The first-order valence-electron chi connectivity index (χ1n) is 10.4. The second-order valence-corrected chi connectivity index (χ2v) is 8.69. The number of H-pyrrole nitrogens is 1. The SMILES string of the molecule is CN(c1ccc(Cl)c(Cl)c1)c1nc2cnn(C3CCN(C(=O)CCC(=O)O)CC3)c2c(=O)[nH]1. The molecule has 1 saturated heterocycles. The van der Waals surface area contributed by atoms with Crippen LogP contribution in [0.2, 0.25) is 10.0 Å². The van der Waals surface area contributed by atoms with Gasteiger partial charge in [0, 0.05) is 32.2 Å². The van der Waals surface area contributed by atoms with E-state index in [9.17, 15) is 14.4 Å². The number of benzene rings is 1. The third-order valence-corrected chi connectivity index (χ3v) is 6.51. The van der Waals surface area contributed by atoms with E-state index in [0.29, 0.717) is 58.6 Å². The van der Waals surface area contributed by atoms with Gasteiger partial charge in [0.05, 0.1) is 28.7 Å². The molecule has 1 amide bonds. The lowest BCUT2D eigenvalue weighted by Crippen LogP contribution is -2.39. The van der Waals surface area contributed by atoms with Crippen molar-refractivity contribution in [2.24, 2.45) is 0 Å². The minimum atomic E-state index is -0.989. The van der Waals surface area contributed by atoms with Gasteiger partial charge in [-0.2, -0.15) is 5.10 Å². The second kappa shape index (κ2) is 9.40. The summed E-state index contributed by atoms with van der Waals surface area (Å²) in [5.41, 5.74) is 1.22. The summed E-state index contributed by atoms with van der Waals surface area (Å²) in [6.45, 7) is 0.960. The predicted octanol–water partition coefficient (Wildman–Crippen LogP) is 3.22. The van der Waals surface area contributed by atoms with Crippen LogP contribution in [0.3, 0.4) is 0 Å². The van der Waals surface area contributed by atoms with Crippen molar-refractivity contribution in [1.29, 1.82) is 0 Å². The number of aromatic amines is 1. The molecule has 0 atom stereocenters. The average Bonchev–Trinajstić information content (AvgIpc) is 3.23. The Morgan fingerprint density at radius 2 is 1.94 bits per heavy atom. The van der Waals surface area contributed by atoms with Gasteiger partial charge in [0.1, 0.15) is 5.52 Å². The fraction of sp³-hybridized carbons (Fsp3) is 0.381. The maximum Gasteiger partial charge on any atom is 0.303 e. The summed E-state index contributed by atoms with van der Waals surface area (Å²) in [5, 5.41) is 14.0. The van der Waals surface area contributed by atoms with Crippen LogP contribution >= 0.6 is 23.2 Å². The number of anilines is 2. The van der Waals surface area contributed by atoms with E-state index in [4.69, 9.17) is 28.3 Å². The number of nitrogens with one attached hydrogen (secondary N) is 1. The number of fused-ring (bicyclic) bond motifs is 1. The summed E-state index contributed by atoms with van der Waals surface area (Å²) in [6.07, 6.45) is 2.59. The highest BCUT2D eigenvalue weighted by Crippen LogP contribution is 2.30. The maximum absolute atomic E-state index is 13.0. The van der Waals surface area contributed by atoms with Crippen LogP contribution in [0.1, 0.15) is 31.7 Å². The molecule has 0 bridgehead atoms. The van der Waals surface area contributed by atoms with Crippen LogP contribution in [0.15, 0.2) is 29.2 Å². The van der Waals surface area contributed by atoms with E-state index in [-0.39, 0.29) is 30.3 Å². The zero-order valence-corrected chi connectivity index (χ0v) is 19.3. The third-order valence-electron chi connectivity index (χ3n) is 5.77. The summed E-state index contributed by atoms with van der Waals surface area (Å²) in [6, 6.07) is 5.06. The average molecular weight is 493 g/mol. The van der Waals surface area contributed by atoms with Gasteiger partial charge in [-0.05, 0) is 31.0 Å². The van der Waals surface area contributed by atoms with Gasteiger partial charge in [-0.1, -0.05) is 23.2 Å². The summed E-state index contributed by atoms with van der Waals surface area (Å²) in [7, 11) is 1.76. The first-order valence-corrected chi connectivity index (χ1v) is 11.2. The molecule has 1 aliphatic rings. The van der Waals surface area contributed by atoms with Gasteiger partial charge < -0.3 is 14.9 Å². The molecule has 10 nitrogen and oxygen atoms in total. The molecule has 3 aromatic rings. The molecule has 0 aliphatic carbocycles. The Morgan fingerprint density at radius 3 is 2.61 bits per heavy atom. The molecule has 174 valence electrons. The Morgan fingerprint density at radius 1 is 1.21 bits per heavy atom. The summed E-state index contributed by atoms with van der Waals surface area (Å²) in [5.74, 6) is -0.822. The molecule has 33 heavy (non-hydrogen) atoms. The van der Waals surface area contributed by atoms with Crippen molar-refractivity contribution in [3.05, 3.63) is 44.8 Å². The topological polar surface area (TPSA) is 124 Å². The molecular formula is C21H22Cl2N6O4. The van der Waals surface area contributed by atoms with Gasteiger partial charge in [0.2, 0.25) is 11.9 Å². The number of amides is 1. The van der Waals surface area contributed by atoms with Gasteiger partial charge in [-0.15, -0.1) is 0 Å². The van der Waals surface area contributed by atoms with E-state index in [0.717, 1.165) is 0 Å². The van der Waals surface area contributed by atoms with Crippen molar-refractivity contribution < 1.29 is 14.7 Å². The molecule has 0 saturated carbocycles. The lowest BCUT2D eigenvalue weighted by Gasteiger charge is -2.32. The van der Waals surface area contributed by atoms with Crippen LogP contribution < -0.4 is 10.5 Å². The molecule has 0 unspecified atom stereocenters. The summed E-state index contributed by atoms with van der Waals surface area (Å²) in [4.78, 5) is 46.5. The second-order valence-electron chi connectivity index (χ2n) is 7.88. The Labute approximate surface area is 198 Å². The number of carboxylic acids is 1. The first kappa shape index (κ1) is 23.1. The standard InChI is InChI=1S/C21H22Cl2N6O4/c1-27(13-2-3-14(22)15(23)10-13)21-25-16-11-24-29(19(16)20(33)26-21)12-6-8-28(9-7-12)17(30)4-5-18(31)32/h2-3,10-12H,4-9H2,1H3,(H,31,32)(H,25,26,33). The van der Waals surface area contributed by atoms with E-state index < -0.39 is 5.97 Å². The van der Waals surface area contributed by atoms with Crippen molar-refractivity contribution >= 4 is 57.7 Å². The van der Waals surface area contributed by atoms with Crippen LogP contribution in [0, 0.1) is 0 Å². The van der Waals surface area contributed by atoms with Crippen LogP contribution in [-0.2, 0) is 9.59 Å². The van der Waals surface area contributed by atoms with Gasteiger partial charge >= 0.3 is 5.97 Å². The number of carboxylic acid groups (broad SMARTS) is 1. The quantitative estimate of drug-likeness (QED) is 0.540. The van der Waals surface area contributed by atoms with E-state index in [1.807, 2.05) is 0 Å². The van der Waals surface area contributed by atoms with Crippen LogP contribution in [0.25, 0.3) is 11.0 Å². The number of carbonyl (C=O) groups is 2. The predicted molar refractivity (Wildman–Crippen MR) is 124 cm³/mol. The Kier molecular flexibility index (Phi) is 6.57. The van der Waals surface area contributed by atoms with Gasteiger partial charge in [-0.3, -0.25) is 24.0 Å². The number of hydrogen-bond acceptors (Lipinski definition) is 6. The normalized spacial score (nSPS) is 14.6. The molecule has 0 radical (unpaired) electrons. The zero-order valence-electron chi connectivity index (χ0n) is 17.8. The van der Waals surface area contributed by atoms with Crippen molar-refractivity contribution in [2.75, 3.05) is 25.0 Å². The van der Waals surface area contributed by atoms with Crippen molar-refractivity contribution in [3.8, 4) is 0 Å². The third kappa shape index (κ3) is 4.81. The highest BCUT2D eigenvalue weighted by Gasteiger charge is 2.26. The molecule has 1 aromatic carbocycles. The Balaban J connectivity index is 1.52. The number of nitrogens with zero attached hydrogens (tertiary/aromatic N) is 5. The zero-order chi connectivity index (χ0) is 23.7. The fourth-order valence-corrected chi connectivity index (χ4v) is 4.23. The Hall–Kier alpha value is -3.11. The number of rotatable bonds is 6. The number of aliphatic carboxylic acids is 1. The van der Waals surface area contributed by atoms with Gasteiger partial charge in [-0.25, -0.2) is 4.98 Å². The van der Waals surface area contributed by atoms with E-state index >= 15 is 0 Å². The highest BCUT2D eigenvalue weighted by molar-refractivity contribution is 6.42. The van der Waals surface area contributed by atoms with E-state index in [1.54, 1.807) is 45.9 Å². The Bertz CT molecular complexity index is 1270. The fourth-order valence-electron chi connectivity index (χ4n) is 3.94. The number of piperidine rings is 1. The number of hydrogen-bond donors (Lipinski definition) is 2. The van der Waals surface area contributed by atoms with Gasteiger partial charge in [0.25, 0.3) is 5.56 Å². The molecule has 2 N–H and O–H groups in total. The van der Waals surface area contributed by atoms with E-state index in [2.05, 4.69) is 15.1 Å². The largest absolute Gasteiger partial charge is 0.481 e. The molecule has 12 heteroatoms. The number of aromatic nitrogens is 4. The van der Waals surface area contributed by atoms with Crippen molar-refractivity contribution in [2.45, 2.75) is 31.7 Å². The van der Waals surface area contributed by atoms with Crippen LogP contribution in [0.4, 0.5) is 11.6 Å². The van der Waals surface area contributed by atoms with E-state index in [1.165, 1.54) is 0 Å². The highest BCUT2D eigenvalue weighted by atomic mass is 35.5. The lowest BCUT2D eigenvalue weighted by atomic mass is 10.0. The molecule has 2 aromatic heterocycles. The molecular weight excluding hydrogens is 471 g/mol. The lowest BCUT2D eigenvalue weighted by molar-refractivity contribution is -0.141. The number of likely N-dealkylation sites (tertiary alicyclic amines) is 1. The summed E-state index contributed by atoms with van der Waals surface area (Å²) >= 11 is 12.1. The monoisotopic (exact) mass is 492 g/mol. The molecule has 1 fully saturated rings. The summed E-state index contributed by atoms with van der Waals surface area (Å²) < 4.78 is 1.67. The minimum absolute atomic E-state index is 0.0105. The molecule has 1 aliphatic heterocycles. The van der Waals surface area contributed by atoms with Gasteiger partial charge in [0.15, 0.2) is 5.52 Å². The van der Waals surface area contributed by atoms with Crippen molar-refractivity contribution in [1.82, 2.24) is 24.6 Å². The number of halogens is 2. The molecule has 4 rings (SSSR count). The molecule has 3 heterocycles. The molecule has 0 spiro atoms. The maximum atomic E-state index is 13.0. The van der Waals surface area contributed by atoms with Crippen molar-refractivity contribution in [3.63, 3.8) is 0 Å². The smallest absolute Gasteiger partial charge is 0.303 e. The first-order chi connectivity index (χ1) is 15.7. The van der Waals surface area contributed by atoms with Crippen LogP contribution in [0.5, 0.6) is 0 Å². The number of carbonyl (C=O) groups excluding carboxylic acids is 1. The minimum Gasteiger partial charge on any atom is -0.481 e.